The van der Waals surface area contributed by atoms with E-state index in [1.807, 2.05) is 30.3 Å². The second kappa shape index (κ2) is 8.12. The molecule has 0 atom stereocenters. The summed E-state index contributed by atoms with van der Waals surface area (Å²) in [5, 5.41) is 0.536. The van der Waals surface area contributed by atoms with Crippen LogP contribution in [0.25, 0.3) is 6.08 Å². The quantitative estimate of drug-likeness (QED) is 0.353. The molecule has 29 heavy (non-hydrogen) atoms. The number of ether oxygens (including phenoxy) is 2. The van der Waals surface area contributed by atoms with Crippen molar-refractivity contribution < 1.29 is 19.1 Å². The zero-order valence-corrected chi connectivity index (χ0v) is 15.8. The summed E-state index contributed by atoms with van der Waals surface area (Å²) in [6.45, 7) is 0. The minimum Gasteiger partial charge on any atom is -0.423 e. The molecule has 142 valence electrons. The molecule has 3 aromatic carbocycles. The number of carbonyl (C=O) groups excluding carboxylic acids is 2. The van der Waals surface area contributed by atoms with E-state index in [9.17, 15) is 9.59 Å². The van der Waals surface area contributed by atoms with Crippen LogP contribution >= 0.6 is 11.6 Å². The Morgan fingerprint density at radius 3 is 2.48 bits per heavy atom. The van der Waals surface area contributed by atoms with Crippen LogP contribution in [0.2, 0.25) is 5.02 Å². The third kappa shape index (κ3) is 4.42. The van der Waals surface area contributed by atoms with E-state index in [0.29, 0.717) is 21.9 Å². The summed E-state index contributed by atoms with van der Waals surface area (Å²) in [7, 11) is 0. The van der Waals surface area contributed by atoms with Crippen molar-refractivity contribution >= 4 is 35.5 Å². The van der Waals surface area contributed by atoms with Crippen molar-refractivity contribution in [1.82, 2.24) is 0 Å². The summed E-state index contributed by atoms with van der Waals surface area (Å²) in [6.07, 6.45) is 1.58. The number of nitrogens with zero attached hydrogens (tertiary/aromatic N) is 1. The van der Waals surface area contributed by atoms with Crippen LogP contribution in [0.1, 0.15) is 21.5 Å². The molecule has 0 aromatic heterocycles. The Hall–Kier alpha value is -3.70. The van der Waals surface area contributed by atoms with Gasteiger partial charge >= 0.3 is 11.9 Å². The number of esters is 2. The first kappa shape index (κ1) is 18.7. The first-order chi connectivity index (χ1) is 14.1. The first-order valence-corrected chi connectivity index (χ1v) is 9.12. The predicted octanol–water partition coefficient (Wildman–Crippen LogP) is 4.90. The molecular formula is C23H14ClNO4. The molecule has 1 aliphatic heterocycles. The molecule has 3 aromatic rings. The smallest absolute Gasteiger partial charge is 0.363 e. The molecule has 0 radical (unpaired) electrons. The highest BCUT2D eigenvalue weighted by molar-refractivity contribution is 6.30. The van der Waals surface area contributed by atoms with E-state index < -0.39 is 11.9 Å². The number of carbonyl (C=O) groups is 2. The van der Waals surface area contributed by atoms with Crippen LogP contribution in [0.15, 0.2) is 89.6 Å². The monoisotopic (exact) mass is 403 g/mol. The second-order valence-corrected chi connectivity index (χ2v) is 6.61. The van der Waals surface area contributed by atoms with E-state index in [-0.39, 0.29) is 11.6 Å². The average molecular weight is 404 g/mol. The zero-order chi connectivity index (χ0) is 20.2. The normalized spacial score (nSPS) is 14.4. The lowest BCUT2D eigenvalue weighted by atomic mass is 10.2. The van der Waals surface area contributed by atoms with Gasteiger partial charge in [0.15, 0.2) is 5.70 Å². The lowest BCUT2D eigenvalue weighted by Gasteiger charge is -2.05. The van der Waals surface area contributed by atoms with E-state index in [1.165, 1.54) is 0 Å². The van der Waals surface area contributed by atoms with Crippen molar-refractivity contribution in [3.8, 4) is 5.75 Å². The summed E-state index contributed by atoms with van der Waals surface area (Å²) >= 11 is 5.83. The molecule has 0 N–H and O–H groups in total. The number of halogens is 1. The molecule has 1 aliphatic rings. The molecule has 4 rings (SSSR count). The zero-order valence-electron chi connectivity index (χ0n) is 15.0. The highest BCUT2D eigenvalue weighted by Gasteiger charge is 2.24. The van der Waals surface area contributed by atoms with Gasteiger partial charge in [-0.05, 0) is 60.2 Å². The number of rotatable bonds is 4. The Bertz CT molecular complexity index is 1140. The van der Waals surface area contributed by atoms with Crippen molar-refractivity contribution in [3.63, 3.8) is 0 Å². The van der Waals surface area contributed by atoms with Gasteiger partial charge in [-0.25, -0.2) is 14.6 Å². The fourth-order valence-electron chi connectivity index (χ4n) is 2.69. The van der Waals surface area contributed by atoms with Gasteiger partial charge in [0.05, 0.1) is 5.56 Å². The van der Waals surface area contributed by atoms with Gasteiger partial charge in [0.1, 0.15) is 5.75 Å². The van der Waals surface area contributed by atoms with Gasteiger partial charge < -0.3 is 9.47 Å². The lowest BCUT2D eigenvalue weighted by Crippen LogP contribution is -2.08. The molecule has 5 nitrogen and oxygen atoms in total. The summed E-state index contributed by atoms with van der Waals surface area (Å²) in [5.41, 5.74) is 1.92. The summed E-state index contributed by atoms with van der Waals surface area (Å²) < 4.78 is 10.6. The molecule has 0 unspecified atom stereocenters. The van der Waals surface area contributed by atoms with Gasteiger partial charge in [0.2, 0.25) is 5.90 Å². The molecule has 0 spiro atoms. The SMILES string of the molecule is O=C1OC(c2ccccc2)=N/C1=C/c1cccc(OC(=O)c2ccc(Cl)cc2)c1. The van der Waals surface area contributed by atoms with Gasteiger partial charge in [0, 0.05) is 10.6 Å². The molecule has 0 saturated heterocycles. The second-order valence-electron chi connectivity index (χ2n) is 6.17. The standard InChI is InChI=1S/C23H14ClNO4/c24-18-11-9-17(10-12-18)22(26)28-19-8-4-5-15(13-19)14-20-23(27)29-21(25-20)16-6-2-1-3-7-16/h1-14H/b20-14+. The van der Waals surface area contributed by atoms with E-state index in [2.05, 4.69) is 4.99 Å². The van der Waals surface area contributed by atoms with E-state index >= 15 is 0 Å². The maximum Gasteiger partial charge on any atom is 0.363 e. The van der Waals surface area contributed by atoms with Crippen LogP contribution in [-0.2, 0) is 9.53 Å². The highest BCUT2D eigenvalue weighted by Crippen LogP contribution is 2.22. The minimum absolute atomic E-state index is 0.171. The Balaban J connectivity index is 1.54. The van der Waals surface area contributed by atoms with Crippen molar-refractivity contribution in [2.24, 2.45) is 4.99 Å². The Kier molecular flexibility index (Phi) is 5.22. The number of aliphatic imine (C=N–C) groups is 1. The van der Waals surface area contributed by atoms with Crippen LogP contribution in [0.3, 0.4) is 0 Å². The Morgan fingerprint density at radius 1 is 0.966 bits per heavy atom. The summed E-state index contributed by atoms with van der Waals surface area (Å²) in [6, 6.07) is 22.4. The van der Waals surface area contributed by atoms with Gasteiger partial charge in [0.25, 0.3) is 0 Å². The van der Waals surface area contributed by atoms with Gasteiger partial charge in [-0.3, -0.25) is 0 Å². The average Bonchev–Trinajstić information content (AvgIpc) is 3.10. The maximum atomic E-state index is 12.3. The van der Waals surface area contributed by atoms with E-state index in [4.69, 9.17) is 21.1 Å². The van der Waals surface area contributed by atoms with Crippen LogP contribution in [0.4, 0.5) is 0 Å². The van der Waals surface area contributed by atoms with Gasteiger partial charge in [-0.15, -0.1) is 0 Å². The molecule has 0 fully saturated rings. The minimum atomic E-state index is -0.535. The third-order valence-electron chi connectivity index (χ3n) is 4.09. The molecule has 0 bridgehead atoms. The van der Waals surface area contributed by atoms with E-state index in [1.54, 1.807) is 54.6 Å². The third-order valence-corrected chi connectivity index (χ3v) is 4.35. The summed E-state index contributed by atoms with van der Waals surface area (Å²) in [5.74, 6) is -0.436. The number of hydrogen-bond acceptors (Lipinski definition) is 5. The van der Waals surface area contributed by atoms with Crippen LogP contribution in [0, 0.1) is 0 Å². The van der Waals surface area contributed by atoms with Crippen LogP contribution in [0.5, 0.6) is 5.75 Å². The number of cyclic esters (lactones) is 1. The maximum absolute atomic E-state index is 12.3. The molecule has 0 amide bonds. The first-order valence-electron chi connectivity index (χ1n) is 8.74. The Labute approximate surface area is 171 Å². The molecule has 0 aliphatic carbocycles. The fraction of sp³-hybridized carbons (Fsp3) is 0. The van der Waals surface area contributed by atoms with Crippen molar-refractivity contribution in [2.45, 2.75) is 0 Å². The Morgan fingerprint density at radius 2 is 1.72 bits per heavy atom. The van der Waals surface area contributed by atoms with Crippen molar-refractivity contribution in [3.05, 3.63) is 106 Å². The van der Waals surface area contributed by atoms with E-state index in [0.717, 1.165) is 5.56 Å². The lowest BCUT2D eigenvalue weighted by molar-refractivity contribution is -0.129. The molecule has 1 heterocycles. The van der Waals surface area contributed by atoms with Gasteiger partial charge in [-0.2, -0.15) is 0 Å². The van der Waals surface area contributed by atoms with Crippen molar-refractivity contribution in [2.75, 3.05) is 0 Å². The molecule has 6 heteroatoms. The van der Waals surface area contributed by atoms with Crippen LogP contribution < -0.4 is 4.74 Å². The molecule has 0 saturated carbocycles. The number of benzene rings is 3. The fourth-order valence-corrected chi connectivity index (χ4v) is 2.82. The highest BCUT2D eigenvalue weighted by atomic mass is 35.5. The van der Waals surface area contributed by atoms with Gasteiger partial charge in [-0.1, -0.05) is 41.9 Å². The number of hydrogen-bond donors (Lipinski definition) is 0. The predicted molar refractivity (Wildman–Crippen MR) is 110 cm³/mol. The van der Waals surface area contributed by atoms with Crippen LogP contribution in [-0.4, -0.2) is 17.8 Å². The largest absolute Gasteiger partial charge is 0.423 e. The molecular weight excluding hydrogens is 390 g/mol. The summed E-state index contributed by atoms with van der Waals surface area (Å²) in [4.78, 5) is 28.7. The van der Waals surface area contributed by atoms with Crippen molar-refractivity contribution in [1.29, 1.82) is 0 Å². The topological polar surface area (TPSA) is 65.0 Å².